The van der Waals surface area contributed by atoms with Gasteiger partial charge in [0, 0.05) is 13.1 Å². The zero-order valence-corrected chi connectivity index (χ0v) is 11.4. The number of nitrogens with zero attached hydrogens (tertiary/aromatic N) is 1. The van der Waals surface area contributed by atoms with Gasteiger partial charge in [-0.1, -0.05) is 6.92 Å². The Balaban J connectivity index is 2.16. The molecular formula is C13H23N3O2. The number of furan rings is 1. The first-order valence-electron chi connectivity index (χ1n) is 6.35. The van der Waals surface area contributed by atoms with Crippen LogP contribution in [0.2, 0.25) is 0 Å². The normalized spacial score (nSPS) is 12.7. The molecule has 102 valence electrons. The largest absolute Gasteiger partial charge is 0.467 e. The van der Waals surface area contributed by atoms with E-state index in [1.54, 1.807) is 6.26 Å². The lowest BCUT2D eigenvalue weighted by atomic mass is 10.3. The Morgan fingerprint density at radius 2 is 2.33 bits per heavy atom. The molecule has 1 unspecified atom stereocenters. The van der Waals surface area contributed by atoms with E-state index in [0.29, 0.717) is 6.54 Å². The van der Waals surface area contributed by atoms with Gasteiger partial charge in [-0.25, -0.2) is 0 Å². The van der Waals surface area contributed by atoms with E-state index in [1.807, 2.05) is 19.1 Å². The van der Waals surface area contributed by atoms with Crippen LogP contribution in [0.4, 0.5) is 0 Å². The maximum absolute atomic E-state index is 11.8. The molecule has 5 heteroatoms. The monoisotopic (exact) mass is 253 g/mol. The maximum atomic E-state index is 11.8. The van der Waals surface area contributed by atoms with E-state index in [0.717, 1.165) is 25.4 Å². The molecule has 0 saturated carbocycles. The highest BCUT2D eigenvalue weighted by Crippen LogP contribution is 1.98. The third kappa shape index (κ3) is 5.33. The van der Waals surface area contributed by atoms with Crippen LogP contribution in [-0.4, -0.2) is 43.5 Å². The molecule has 1 rings (SSSR count). The molecule has 0 spiro atoms. The Labute approximate surface area is 109 Å². The highest BCUT2D eigenvalue weighted by Gasteiger charge is 2.11. The van der Waals surface area contributed by atoms with Gasteiger partial charge in [0.25, 0.3) is 0 Å². The topological polar surface area (TPSA) is 57.5 Å². The van der Waals surface area contributed by atoms with Crippen molar-refractivity contribution >= 4 is 5.91 Å². The van der Waals surface area contributed by atoms with E-state index in [1.165, 1.54) is 0 Å². The number of carbonyl (C=O) groups excluding carboxylic acids is 1. The van der Waals surface area contributed by atoms with Crippen molar-refractivity contribution in [1.82, 2.24) is 15.5 Å². The summed E-state index contributed by atoms with van der Waals surface area (Å²) in [7, 11) is 2.06. The van der Waals surface area contributed by atoms with Gasteiger partial charge < -0.3 is 20.0 Å². The van der Waals surface area contributed by atoms with Gasteiger partial charge in [0.15, 0.2) is 0 Å². The summed E-state index contributed by atoms with van der Waals surface area (Å²) in [5, 5.41) is 6.02. The third-order valence-corrected chi connectivity index (χ3v) is 2.89. The minimum absolute atomic E-state index is 0.00875. The highest BCUT2D eigenvalue weighted by atomic mass is 16.3. The molecule has 0 aliphatic rings. The van der Waals surface area contributed by atoms with E-state index in [2.05, 4.69) is 29.5 Å². The fourth-order valence-electron chi connectivity index (χ4n) is 1.46. The van der Waals surface area contributed by atoms with Gasteiger partial charge in [0.05, 0.1) is 18.8 Å². The number of hydrogen-bond donors (Lipinski definition) is 2. The molecule has 0 saturated heterocycles. The lowest BCUT2D eigenvalue weighted by Gasteiger charge is -2.17. The predicted molar refractivity (Wildman–Crippen MR) is 71.2 cm³/mol. The van der Waals surface area contributed by atoms with E-state index >= 15 is 0 Å². The molecule has 18 heavy (non-hydrogen) atoms. The van der Waals surface area contributed by atoms with Crippen molar-refractivity contribution in [2.45, 2.75) is 26.4 Å². The standard InChI is InChI=1S/C13H23N3O2/c1-4-16(3)8-7-14-11(2)13(17)15-10-12-6-5-9-18-12/h5-6,9,11,14H,4,7-8,10H2,1-3H3,(H,15,17). The van der Waals surface area contributed by atoms with Gasteiger partial charge in [0.1, 0.15) is 5.76 Å². The van der Waals surface area contributed by atoms with Crippen LogP contribution in [0, 0.1) is 0 Å². The molecule has 0 fully saturated rings. The molecule has 1 amide bonds. The second kappa shape index (κ2) is 7.89. The first-order chi connectivity index (χ1) is 8.63. The third-order valence-electron chi connectivity index (χ3n) is 2.89. The van der Waals surface area contributed by atoms with Gasteiger partial charge in [-0.2, -0.15) is 0 Å². The summed E-state index contributed by atoms with van der Waals surface area (Å²) in [6.07, 6.45) is 1.60. The Kier molecular flexibility index (Phi) is 6.46. The number of nitrogens with one attached hydrogen (secondary N) is 2. The lowest BCUT2D eigenvalue weighted by molar-refractivity contribution is -0.123. The van der Waals surface area contributed by atoms with Crippen molar-refractivity contribution in [3.63, 3.8) is 0 Å². The summed E-state index contributed by atoms with van der Waals surface area (Å²) in [5.41, 5.74) is 0. The van der Waals surface area contributed by atoms with Crippen LogP contribution < -0.4 is 10.6 Å². The zero-order valence-electron chi connectivity index (χ0n) is 11.4. The number of carbonyl (C=O) groups is 1. The van der Waals surface area contributed by atoms with Crippen molar-refractivity contribution in [1.29, 1.82) is 0 Å². The van der Waals surface area contributed by atoms with Gasteiger partial charge >= 0.3 is 0 Å². The van der Waals surface area contributed by atoms with Crippen LogP contribution in [0.25, 0.3) is 0 Å². The zero-order chi connectivity index (χ0) is 13.4. The number of likely N-dealkylation sites (N-methyl/N-ethyl adjacent to an activating group) is 1. The van der Waals surface area contributed by atoms with E-state index in [9.17, 15) is 4.79 Å². The van der Waals surface area contributed by atoms with Gasteiger partial charge in [-0.15, -0.1) is 0 Å². The summed E-state index contributed by atoms with van der Waals surface area (Å²) in [6.45, 7) is 7.17. The van der Waals surface area contributed by atoms with E-state index in [4.69, 9.17) is 4.42 Å². The minimum Gasteiger partial charge on any atom is -0.467 e. The molecule has 0 aromatic carbocycles. The Morgan fingerprint density at radius 1 is 1.56 bits per heavy atom. The lowest BCUT2D eigenvalue weighted by Crippen LogP contribution is -2.44. The van der Waals surface area contributed by atoms with Crippen molar-refractivity contribution in [3.05, 3.63) is 24.2 Å². The molecule has 0 radical (unpaired) electrons. The molecule has 5 nitrogen and oxygen atoms in total. The van der Waals surface area contributed by atoms with Crippen LogP contribution in [0.3, 0.4) is 0 Å². The summed E-state index contributed by atoms with van der Waals surface area (Å²) in [5.74, 6) is 0.756. The maximum Gasteiger partial charge on any atom is 0.237 e. The second-order valence-electron chi connectivity index (χ2n) is 4.37. The fraction of sp³-hybridized carbons (Fsp3) is 0.615. The second-order valence-corrected chi connectivity index (χ2v) is 4.37. The van der Waals surface area contributed by atoms with Crippen molar-refractivity contribution in [2.24, 2.45) is 0 Å². The molecular weight excluding hydrogens is 230 g/mol. The summed E-state index contributed by atoms with van der Waals surface area (Å²) >= 11 is 0. The Morgan fingerprint density at radius 3 is 2.94 bits per heavy atom. The van der Waals surface area contributed by atoms with Crippen molar-refractivity contribution in [2.75, 3.05) is 26.7 Å². The number of hydrogen-bond acceptors (Lipinski definition) is 4. The van der Waals surface area contributed by atoms with E-state index < -0.39 is 0 Å². The molecule has 1 aromatic rings. The number of rotatable bonds is 8. The minimum atomic E-state index is -0.190. The quantitative estimate of drug-likeness (QED) is 0.720. The van der Waals surface area contributed by atoms with Crippen LogP contribution >= 0.6 is 0 Å². The van der Waals surface area contributed by atoms with Crippen LogP contribution in [-0.2, 0) is 11.3 Å². The van der Waals surface area contributed by atoms with Crippen LogP contribution in [0.5, 0.6) is 0 Å². The fourth-order valence-corrected chi connectivity index (χ4v) is 1.46. The highest BCUT2D eigenvalue weighted by molar-refractivity contribution is 5.81. The molecule has 1 heterocycles. The summed E-state index contributed by atoms with van der Waals surface area (Å²) in [4.78, 5) is 13.9. The molecule has 0 aliphatic carbocycles. The Hall–Kier alpha value is -1.33. The molecule has 2 N–H and O–H groups in total. The average Bonchev–Trinajstić information content (AvgIpc) is 2.88. The molecule has 1 aromatic heterocycles. The van der Waals surface area contributed by atoms with Crippen molar-refractivity contribution in [3.8, 4) is 0 Å². The van der Waals surface area contributed by atoms with E-state index in [-0.39, 0.29) is 11.9 Å². The predicted octanol–water partition coefficient (Wildman–Crippen LogP) is 0.826. The van der Waals surface area contributed by atoms with Gasteiger partial charge in [0.2, 0.25) is 5.91 Å². The van der Waals surface area contributed by atoms with Gasteiger partial charge in [-0.3, -0.25) is 4.79 Å². The average molecular weight is 253 g/mol. The summed E-state index contributed by atoms with van der Waals surface area (Å²) < 4.78 is 5.15. The SMILES string of the molecule is CCN(C)CCNC(C)C(=O)NCc1ccco1. The molecule has 1 atom stereocenters. The van der Waals surface area contributed by atoms with Gasteiger partial charge in [-0.05, 0) is 32.6 Å². The van der Waals surface area contributed by atoms with Crippen LogP contribution in [0.15, 0.2) is 22.8 Å². The number of amides is 1. The summed E-state index contributed by atoms with van der Waals surface area (Å²) in [6, 6.07) is 3.46. The molecule has 0 aliphatic heterocycles. The Bertz CT molecular complexity index is 338. The van der Waals surface area contributed by atoms with Crippen LogP contribution in [0.1, 0.15) is 19.6 Å². The van der Waals surface area contributed by atoms with Crippen molar-refractivity contribution < 1.29 is 9.21 Å². The molecule has 0 bridgehead atoms. The smallest absolute Gasteiger partial charge is 0.237 e. The first kappa shape index (κ1) is 14.7. The first-order valence-corrected chi connectivity index (χ1v) is 6.35.